The van der Waals surface area contributed by atoms with E-state index in [1.807, 2.05) is 17.0 Å². The Morgan fingerprint density at radius 2 is 2.35 bits per heavy atom. The Labute approximate surface area is 123 Å². The molecule has 2 atom stereocenters. The number of aliphatic hydroxyl groups is 1. The second-order valence-electron chi connectivity index (χ2n) is 5.54. The summed E-state index contributed by atoms with van der Waals surface area (Å²) < 4.78 is 5.73. The average Bonchev–Trinajstić information content (AvgIpc) is 2.89. The number of nitrogens with zero attached hydrogens (tertiary/aromatic N) is 1. The van der Waals surface area contributed by atoms with Crippen LogP contribution in [0.25, 0.3) is 0 Å². The molecule has 0 bridgehead atoms. The van der Waals surface area contributed by atoms with Gasteiger partial charge in [0, 0.05) is 31.1 Å². The van der Waals surface area contributed by atoms with Gasteiger partial charge in [-0.3, -0.25) is 4.79 Å². The predicted molar refractivity (Wildman–Crippen MR) is 76.0 cm³/mol. The molecule has 2 aliphatic rings. The zero-order valence-corrected chi connectivity index (χ0v) is 12.0. The monoisotopic (exact) mass is 295 g/mol. The minimum absolute atomic E-state index is 0.0236. The van der Waals surface area contributed by atoms with Gasteiger partial charge in [0.25, 0.3) is 5.91 Å². The average molecular weight is 296 g/mol. The molecule has 1 aromatic carbocycles. The number of fused-ring (bicyclic) bond motifs is 1. The normalized spacial score (nSPS) is 25.2. The van der Waals surface area contributed by atoms with Crippen molar-refractivity contribution >= 4 is 17.5 Å². The maximum Gasteiger partial charge on any atom is 0.264 e. The highest BCUT2D eigenvalue weighted by atomic mass is 35.5. The number of likely N-dealkylation sites (tertiary alicyclic amines) is 1. The Morgan fingerprint density at radius 1 is 1.50 bits per heavy atom. The van der Waals surface area contributed by atoms with Gasteiger partial charge in [-0.2, -0.15) is 0 Å². The molecule has 2 aliphatic heterocycles. The number of piperidine rings is 1. The van der Waals surface area contributed by atoms with Crippen LogP contribution < -0.4 is 4.74 Å². The van der Waals surface area contributed by atoms with Gasteiger partial charge in [0.15, 0.2) is 6.10 Å². The first-order chi connectivity index (χ1) is 9.67. The largest absolute Gasteiger partial charge is 0.480 e. The molecule has 1 saturated heterocycles. The number of ether oxygens (including phenoxy) is 1. The number of hydrogen-bond donors (Lipinski definition) is 1. The van der Waals surface area contributed by atoms with Crippen LogP contribution in [0, 0.1) is 5.92 Å². The smallest absolute Gasteiger partial charge is 0.264 e. The van der Waals surface area contributed by atoms with E-state index in [9.17, 15) is 9.90 Å². The molecule has 108 valence electrons. The molecule has 1 amide bonds. The highest BCUT2D eigenvalue weighted by Gasteiger charge is 2.34. The molecule has 0 aromatic heterocycles. The summed E-state index contributed by atoms with van der Waals surface area (Å²) in [6.07, 6.45) is 2.07. The molecule has 0 saturated carbocycles. The van der Waals surface area contributed by atoms with Crippen LogP contribution in [0.5, 0.6) is 5.75 Å². The molecule has 0 aliphatic carbocycles. The van der Waals surface area contributed by atoms with E-state index >= 15 is 0 Å². The van der Waals surface area contributed by atoms with Gasteiger partial charge in [-0.25, -0.2) is 0 Å². The van der Waals surface area contributed by atoms with E-state index in [0.29, 0.717) is 18.0 Å². The molecule has 1 aromatic rings. The van der Waals surface area contributed by atoms with Crippen molar-refractivity contribution in [3.05, 3.63) is 28.8 Å². The number of halogens is 1. The molecular formula is C15H18ClNO3. The predicted octanol–water partition coefficient (Wildman–Crippen LogP) is 1.87. The lowest BCUT2D eigenvalue weighted by Crippen LogP contribution is -2.47. The Hall–Kier alpha value is -1.26. The number of aliphatic hydroxyl groups excluding tert-OH is 1. The number of carbonyl (C=O) groups excluding carboxylic acids is 1. The first-order valence-electron chi connectivity index (χ1n) is 7.02. The van der Waals surface area contributed by atoms with E-state index in [1.54, 1.807) is 6.07 Å². The molecule has 3 rings (SSSR count). The van der Waals surface area contributed by atoms with Crippen molar-refractivity contribution in [3.8, 4) is 5.75 Å². The molecular weight excluding hydrogens is 278 g/mol. The SMILES string of the molecule is O=C(C1Cc2cc(Cl)ccc2O1)N1CCCC(CO)C1. The van der Waals surface area contributed by atoms with Gasteiger partial charge in [0.05, 0.1) is 0 Å². The number of amides is 1. The van der Waals surface area contributed by atoms with Crippen LogP contribution in [-0.4, -0.2) is 41.7 Å². The van der Waals surface area contributed by atoms with Gasteiger partial charge in [-0.05, 0) is 42.5 Å². The summed E-state index contributed by atoms with van der Waals surface area (Å²) in [6, 6.07) is 5.45. The maximum atomic E-state index is 12.5. The highest BCUT2D eigenvalue weighted by Crippen LogP contribution is 2.32. The van der Waals surface area contributed by atoms with Crippen molar-refractivity contribution in [3.63, 3.8) is 0 Å². The van der Waals surface area contributed by atoms with E-state index in [2.05, 4.69) is 0 Å². The molecule has 4 nitrogen and oxygen atoms in total. The molecule has 20 heavy (non-hydrogen) atoms. The third kappa shape index (κ3) is 2.63. The van der Waals surface area contributed by atoms with E-state index in [1.165, 1.54) is 0 Å². The van der Waals surface area contributed by atoms with Gasteiger partial charge < -0.3 is 14.7 Å². The fraction of sp³-hybridized carbons (Fsp3) is 0.533. The highest BCUT2D eigenvalue weighted by molar-refractivity contribution is 6.30. The Bertz CT molecular complexity index is 520. The first kappa shape index (κ1) is 13.7. The molecule has 1 fully saturated rings. The van der Waals surface area contributed by atoms with Crippen LogP contribution >= 0.6 is 11.6 Å². The van der Waals surface area contributed by atoms with Crippen molar-refractivity contribution < 1.29 is 14.6 Å². The van der Waals surface area contributed by atoms with E-state index in [4.69, 9.17) is 16.3 Å². The van der Waals surface area contributed by atoms with Crippen molar-refractivity contribution in [2.45, 2.75) is 25.4 Å². The van der Waals surface area contributed by atoms with E-state index in [0.717, 1.165) is 30.7 Å². The fourth-order valence-electron chi connectivity index (χ4n) is 2.97. The lowest BCUT2D eigenvalue weighted by molar-refractivity contribution is -0.140. The number of rotatable bonds is 2. The Kier molecular flexibility index (Phi) is 3.85. The third-order valence-corrected chi connectivity index (χ3v) is 4.30. The zero-order chi connectivity index (χ0) is 14.1. The van der Waals surface area contributed by atoms with Gasteiger partial charge in [0.2, 0.25) is 0 Å². The van der Waals surface area contributed by atoms with Gasteiger partial charge in [-0.15, -0.1) is 0 Å². The summed E-state index contributed by atoms with van der Waals surface area (Å²) in [5.74, 6) is 0.977. The molecule has 2 unspecified atom stereocenters. The van der Waals surface area contributed by atoms with E-state index < -0.39 is 6.10 Å². The maximum absolute atomic E-state index is 12.5. The summed E-state index contributed by atoms with van der Waals surface area (Å²) in [4.78, 5) is 14.3. The quantitative estimate of drug-likeness (QED) is 0.906. The first-order valence-corrected chi connectivity index (χ1v) is 7.40. The molecule has 5 heteroatoms. The molecule has 0 spiro atoms. The summed E-state index contributed by atoms with van der Waals surface area (Å²) in [5.41, 5.74) is 0.992. The van der Waals surface area contributed by atoms with Crippen molar-refractivity contribution in [1.82, 2.24) is 4.90 Å². The summed E-state index contributed by atoms with van der Waals surface area (Å²) in [5, 5.41) is 9.91. The zero-order valence-electron chi connectivity index (χ0n) is 11.2. The lowest BCUT2D eigenvalue weighted by Gasteiger charge is -2.33. The summed E-state index contributed by atoms with van der Waals surface area (Å²) in [7, 11) is 0. The molecule has 1 N–H and O–H groups in total. The third-order valence-electron chi connectivity index (χ3n) is 4.06. The van der Waals surface area contributed by atoms with Crippen LogP contribution in [0.4, 0.5) is 0 Å². The number of carbonyl (C=O) groups is 1. The van der Waals surface area contributed by atoms with Crippen LogP contribution in [0.3, 0.4) is 0 Å². The van der Waals surface area contributed by atoms with E-state index in [-0.39, 0.29) is 18.4 Å². The van der Waals surface area contributed by atoms with Crippen LogP contribution in [0.2, 0.25) is 5.02 Å². The standard InChI is InChI=1S/C15H18ClNO3/c16-12-3-4-13-11(6-12)7-14(20-13)15(19)17-5-1-2-10(8-17)9-18/h3-4,6,10,14,18H,1-2,5,7-9H2. The second kappa shape index (κ2) is 5.62. The second-order valence-corrected chi connectivity index (χ2v) is 5.97. The minimum atomic E-state index is -0.444. The van der Waals surface area contributed by atoms with Crippen LogP contribution in [0.15, 0.2) is 18.2 Å². The van der Waals surface area contributed by atoms with Crippen LogP contribution in [-0.2, 0) is 11.2 Å². The Morgan fingerprint density at radius 3 is 3.15 bits per heavy atom. The Balaban J connectivity index is 1.68. The summed E-state index contributed by atoms with van der Waals surface area (Å²) >= 11 is 5.96. The van der Waals surface area contributed by atoms with Gasteiger partial charge >= 0.3 is 0 Å². The van der Waals surface area contributed by atoms with Gasteiger partial charge in [-0.1, -0.05) is 11.6 Å². The summed E-state index contributed by atoms with van der Waals surface area (Å²) in [6.45, 7) is 1.53. The van der Waals surface area contributed by atoms with Crippen molar-refractivity contribution in [2.24, 2.45) is 5.92 Å². The fourth-order valence-corrected chi connectivity index (χ4v) is 3.17. The van der Waals surface area contributed by atoms with Crippen molar-refractivity contribution in [1.29, 1.82) is 0 Å². The lowest BCUT2D eigenvalue weighted by atomic mass is 9.98. The van der Waals surface area contributed by atoms with Gasteiger partial charge in [0.1, 0.15) is 5.75 Å². The topological polar surface area (TPSA) is 49.8 Å². The molecule has 2 heterocycles. The molecule has 0 radical (unpaired) electrons. The minimum Gasteiger partial charge on any atom is -0.480 e. The number of benzene rings is 1. The van der Waals surface area contributed by atoms with Crippen molar-refractivity contribution in [2.75, 3.05) is 19.7 Å². The van der Waals surface area contributed by atoms with Crippen LogP contribution in [0.1, 0.15) is 18.4 Å². The number of hydrogen-bond acceptors (Lipinski definition) is 3.